The average Bonchev–Trinajstić information content (AvgIpc) is 3.18. The fourth-order valence-corrected chi connectivity index (χ4v) is 3.59. The number of thioether (sulfide) groups is 1. The molecule has 1 aliphatic rings. The van der Waals surface area contributed by atoms with E-state index in [1.807, 2.05) is 17.7 Å². The number of anilines is 2. The van der Waals surface area contributed by atoms with Gasteiger partial charge in [-0.15, -0.1) is 11.8 Å². The highest BCUT2D eigenvalue weighted by Gasteiger charge is 2.29. The van der Waals surface area contributed by atoms with E-state index in [4.69, 9.17) is 11.6 Å². The number of hydrazine groups is 1. The lowest BCUT2D eigenvalue weighted by molar-refractivity contribution is -0.112. The Kier molecular flexibility index (Phi) is 6.84. The number of halogens is 1. The molecule has 3 rings (SSSR count). The third-order valence-corrected chi connectivity index (χ3v) is 5.16. The normalized spacial score (nSPS) is 14.0. The van der Waals surface area contributed by atoms with Gasteiger partial charge < -0.3 is 10.6 Å². The van der Waals surface area contributed by atoms with E-state index in [-0.39, 0.29) is 11.3 Å². The molecule has 0 atom stereocenters. The highest BCUT2D eigenvalue weighted by atomic mass is 35.5. The zero-order valence-corrected chi connectivity index (χ0v) is 18.6. The van der Waals surface area contributed by atoms with Gasteiger partial charge in [0.25, 0.3) is 11.8 Å². The number of carbonyl (C=O) groups excluding carboxylic acids is 2. The Balaban J connectivity index is 2.02. The van der Waals surface area contributed by atoms with Crippen LogP contribution in [0.2, 0.25) is 5.02 Å². The number of hydrogen-bond acceptors (Lipinski definition) is 7. The number of pyridine rings is 1. The Morgan fingerprint density at radius 1 is 1.35 bits per heavy atom. The quantitative estimate of drug-likeness (QED) is 0.635. The van der Waals surface area contributed by atoms with E-state index < -0.39 is 11.8 Å². The highest BCUT2D eigenvalue weighted by molar-refractivity contribution is 8.01. The minimum Gasteiger partial charge on any atom is -0.355 e. The molecule has 1 aliphatic heterocycles. The third-order valence-electron chi connectivity index (χ3n) is 4.38. The van der Waals surface area contributed by atoms with E-state index >= 15 is 0 Å². The van der Waals surface area contributed by atoms with Gasteiger partial charge in [-0.3, -0.25) is 15.0 Å². The lowest BCUT2D eigenvalue weighted by atomic mass is 10.0. The van der Waals surface area contributed by atoms with Gasteiger partial charge in [0.2, 0.25) is 0 Å². The summed E-state index contributed by atoms with van der Waals surface area (Å²) in [6.45, 7) is 1.72. The van der Waals surface area contributed by atoms with Crippen LogP contribution in [0.3, 0.4) is 0 Å². The second kappa shape index (κ2) is 9.55. The Hall–Kier alpha value is -3.48. The van der Waals surface area contributed by atoms with Crippen LogP contribution in [0.1, 0.15) is 21.5 Å². The molecular weight excluding hydrogens is 436 g/mol. The SMILES string of the molecule is CNC(=O)c1cc(C#N)cc(C)c1NC(=O)C1=CC(=CSC)NN1c1ncccc1Cl. The molecule has 0 unspecified atom stereocenters. The van der Waals surface area contributed by atoms with Gasteiger partial charge in [-0.1, -0.05) is 11.6 Å². The van der Waals surface area contributed by atoms with Gasteiger partial charge in [0.15, 0.2) is 5.82 Å². The van der Waals surface area contributed by atoms with Crippen molar-refractivity contribution in [2.45, 2.75) is 6.92 Å². The summed E-state index contributed by atoms with van der Waals surface area (Å²) in [6, 6.07) is 8.44. The van der Waals surface area contributed by atoms with Gasteiger partial charge in [0.1, 0.15) is 5.70 Å². The number of benzene rings is 1. The number of nitrogens with one attached hydrogen (secondary N) is 3. The van der Waals surface area contributed by atoms with Crippen molar-refractivity contribution in [3.8, 4) is 6.07 Å². The van der Waals surface area contributed by atoms with Gasteiger partial charge in [-0.05, 0) is 54.5 Å². The van der Waals surface area contributed by atoms with Gasteiger partial charge in [-0.2, -0.15) is 5.26 Å². The molecule has 2 aromatic rings. The van der Waals surface area contributed by atoms with Crippen LogP contribution in [0.25, 0.3) is 0 Å². The average molecular weight is 455 g/mol. The molecule has 31 heavy (non-hydrogen) atoms. The van der Waals surface area contributed by atoms with Crippen LogP contribution in [-0.4, -0.2) is 30.1 Å². The summed E-state index contributed by atoms with van der Waals surface area (Å²) in [4.78, 5) is 29.9. The molecule has 0 aliphatic carbocycles. The third kappa shape index (κ3) is 4.66. The number of aryl methyl sites for hydroxylation is 1. The van der Waals surface area contributed by atoms with E-state index in [0.29, 0.717) is 33.4 Å². The molecule has 2 heterocycles. The van der Waals surface area contributed by atoms with Crippen LogP contribution in [0.15, 0.2) is 53.3 Å². The Labute approximate surface area is 188 Å². The molecule has 0 fully saturated rings. The summed E-state index contributed by atoms with van der Waals surface area (Å²) in [5.74, 6) is -0.531. The molecule has 0 saturated heterocycles. The number of rotatable bonds is 5. The second-order valence-corrected chi connectivity index (χ2v) is 7.57. The fraction of sp³-hybridized carbons (Fsp3) is 0.143. The topological polar surface area (TPSA) is 110 Å². The van der Waals surface area contributed by atoms with Crippen molar-refractivity contribution in [3.63, 3.8) is 0 Å². The van der Waals surface area contributed by atoms with Crippen LogP contribution in [0.5, 0.6) is 0 Å². The Bertz CT molecular complexity index is 1160. The van der Waals surface area contributed by atoms with Crippen molar-refractivity contribution in [2.24, 2.45) is 0 Å². The molecule has 8 nitrogen and oxygen atoms in total. The van der Waals surface area contributed by atoms with Crippen molar-refractivity contribution < 1.29 is 9.59 Å². The number of allylic oxidation sites excluding steroid dienone is 1. The summed E-state index contributed by atoms with van der Waals surface area (Å²) in [7, 11) is 1.48. The predicted octanol–water partition coefficient (Wildman–Crippen LogP) is 3.33. The summed E-state index contributed by atoms with van der Waals surface area (Å²) in [5.41, 5.74) is 5.44. The zero-order chi connectivity index (χ0) is 22.5. The molecule has 1 aromatic carbocycles. The molecule has 1 aromatic heterocycles. The first-order chi connectivity index (χ1) is 14.9. The lowest BCUT2D eigenvalue weighted by Gasteiger charge is -2.22. The standard InChI is InChI=1S/C21H19ClN6O2S/c1-12-7-13(10-23)8-15(20(29)24-2)18(12)26-21(30)17-9-14(11-31-3)27-28(17)19-16(22)5-4-6-25-19/h4-9,11,27H,1-3H3,(H,24,29)(H,26,30). The maximum atomic E-state index is 13.3. The first kappa shape index (κ1) is 22.2. The fourth-order valence-electron chi connectivity index (χ4n) is 3.01. The number of amides is 2. The van der Waals surface area contributed by atoms with E-state index in [9.17, 15) is 14.9 Å². The summed E-state index contributed by atoms with van der Waals surface area (Å²) >= 11 is 7.76. The van der Waals surface area contributed by atoms with Gasteiger partial charge >= 0.3 is 0 Å². The van der Waals surface area contributed by atoms with Crippen molar-refractivity contribution in [1.29, 1.82) is 5.26 Å². The number of nitriles is 1. The molecule has 2 amide bonds. The van der Waals surface area contributed by atoms with Crippen molar-refractivity contribution in [2.75, 3.05) is 23.6 Å². The number of aromatic nitrogens is 1. The van der Waals surface area contributed by atoms with Gasteiger partial charge in [0, 0.05) is 13.2 Å². The van der Waals surface area contributed by atoms with Crippen LogP contribution < -0.4 is 21.1 Å². The second-order valence-electron chi connectivity index (χ2n) is 6.46. The predicted molar refractivity (Wildman–Crippen MR) is 122 cm³/mol. The van der Waals surface area contributed by atoms with Gasteiger partial charge in [-0.25, -0.2) is 9.99 Å². The minimum absolute atomic E-state index is 0.196. The summed E-state index contributed by atoms with van der Waals surface area (Å²) in [5, 5.41) is 18.3. The zero-order valence-electron chi connectivity index (χ0n) is 17.0. The number of nitrogens with zero attached hydrogens (tertiary/aromatic N) is 3. The molecule has 158 valence electrons. The lowest BCUT2D eigenvalue weighted by Crippen LogP contribution is -2.37. The van der Waals surface area contributed by atoms with E-state index in [0.717, 1.165) is 0 Å². The van der Waals surface area contributed by atoms with Crippen LogP contribution in [0.4, 0.5) is 11.5 Å². The van der Waals surface area contributed by atoms with Crippen LogP contribution in [-0.2, 0) is 4.79 Å². The summed E-state index contributed by atoms with van der Waals surface area (Å²) in [6.07, 6.45) is 5.13. The number of hydrogen-bond donors (Lipinski definition) is 3. The van der Waals surface area contributed by atoms with Crippen LogP contribution in [0, 0.1) is 18.3 Å². The van der Waals surface area contributed by atoms with Crippen LogP contribution >= 0.6 is 23.4 Å². The van der Waals surface area contributed by atoms with E-state index in [1.165, 1.54) is 29.9 Å². The summed E-state index contributed by atoms with van der Waals surface area (Å²) < 4.78 is 0. The van der Waals surface area contributed by atoms with Crippen molar-refractivity contribution >= 4 is 46.7 Å². The maximum Gasteiger partial charge on any atom is 0.274 e. The van der Waals surface area contributed by atoms with Crippen molar-refractivity contribution in [1.82, 2.24) is 15.7 Å². The van der Waals surface area contributed by atoms with E-state index in [2.05, 4.69) is 21.0 Å². The molecule has 0 bridgehead atoms. The van der Waals surface area contributed by atoms with E-state index in [1.54, 1.807) is 37.4 Å². The number of carbonyl (C=O) groups is 2. The molecule has 0 saturated carbocycles. The highest BCUT2D eigenvalue weighted by Crippen LogP contribution is 2.30. The van der Waals surface area contributed by atoms with Crippen molar-refractivity contribution in [3.05, 3.63) is 75.1 Å². The smallest absolute Gasteiger partial charge is 0.274 e. The Morgan fingerprint density at radius 2 is 2.13 bits per heavy atom. The molecule has 0 radical (unpaired) electrons. The first-order valence-electron chi connectivity index (χ1n) is 9.09. The molecule has 10 heteroatoms. The van der Waals surface area contributed by atoms with Gasteiger partial charge in [0.05, 0.1) is 33.6 Å². The molecule has 3 N–H and O–H groups in total. The maximum absolute atomic E-state index is 13.3. The largest absolute Gasteiger partial charge is 0.355 e. The monoisotopic (exact) mass is 454 g/mol. The molecule has 0 spiro atoms. The minimum atomic E-state index is -0.475. The first-order valence-corrected chi connectivity index (χ1v) is 10.8. The Morgan fingerprint density at radius 3 is 2.77 bits per heavy atom. The molecular formula is C21H19ClN6O2S.